The van der Waals surface area contributed by atoms with Gasteiger partial charge in [-0.25, -0.2) is 0 Å². The van der Waals surface area contributed by atoms with Crippen LogP contribution in [0.15, 0.2) is 24.3 Å². The molecule has 5 rings (SSSR count). The standard InChI is InChI=1S/C18H22ClNO/c19-16-3-1-11(2-4-16)10-20-18(21)17-14-6-12-5-13(8-14)9-15(17)7-12/h1-4,12-15,17H,5-10H2,(H,20,21). The van der Waals surface area contributed by atoms with Gasteiger partial charge in [0.15, 0.2) is 0 Å². The Morgan fingerprint density at radius 2 is 1.57 bits per heavy atom. The molecule has 4 aliphatic carbocycles. The number of hydrogen-bond donors (Lipinski definition) is 1. The number of rotatable bonds is 3. The van der Waals surface area contributed by atoms with Crippen LogP contribution in [0.5, 0.6) is 0 Å². The fourth-order valence-electron chi connectivity index (χ4n) is 5.26. The van der Waals surface area contributed by atoms with Crippen molar-refractivity contribution in [2.45, 2.75) is 38.6 Å². The van der Waals surface area contributed by atoms with Gasteiger partial charge in [-0.3, -0.25) is 4.79 Å². The Morgan fingerprint density at radius 3 is 2.14 bits per heavy atom. The zero-order valence-electron chi connectivity index (χ0n) is 12.2. The normalized spacial score (nSPS) is 36.7. The Morgan fingerprint density at radius 1 is 1.00 bits per heavy atom. The lowest BCUT2D eigenvalue weighted by molar-refractivity contribution is -0.138. The second kappa shape index (κ2) is 5.31. The Balaban J connectivity index is 1.40. The van der Waals surface area contributed by atoms with Gasteiger partial charge >= 0.3 is 0 Å². The fraction of sp³-hybridized carbons (Fsp3) is 0.611. The third-order valence-corrected chi connectivity index (χ3v) is 6.16. The van der Waals surface area contributed by atoms with Gasteiger partial charge in [0.25, 0.3) is 0 Å². The SMILES string of the molecule is O=C(NCc1ccc(Cl)cc1)C1C2CC3CC(C2)CC1C3. The summed E-state index contributed by atoms with van der Waals surface area (Å²) in [6.45, 7) is 0.624. The van der Waals surface area contributed by atoms with Crippen LogP contribution < -0.4 is 5.32 Å². The molecule has 112 valence electrons. The van der Waals surface area contributed by atoms with Gasteiger partial charge in [0.05, 0.1) is 0 Å². The van der Waals surface area contributed by atoms with E-state index in [0.717, 1.165) is 22.4 Å². The van der Waals surface area contributed by atoms with Gasteiger partial charge in [-0.2, -0.15) is 0 Å². The maximum absolute atomic E-state index is 12.6. The van der Waals surface area contributed by atoms with Crippen molar-refractivity contribution in [2.75, 3.05) is 0 Å². The number of benzene rings is 1. The fourth-order valence-corrected chi connectivity index (χ4v) is 5.39. The van der Waals surface area contributed by atoms with Gasteiger partial charge < -0.3 is 5.32 Å². The summed E-state index contributed by atoms with van der Waals surface area (Å²) in [5.74, 6) is 3.74. The molecule has 4 fully saturated rings. The van der Waals surface area contributed by atoms with E-state index < -0.39 is 0 Å². The van der Waals surface area contributed by atoms with Crippen LogP contribution >= 0.6 is 11.6 Å². The highest BCUT2D eigenvalue weighted by Crippen LogP contribution is 2.56. The van der Waals surface area contributed by atoms with Crippen molar-refractivity contribution < 1.29 is 4.79 Å². The molecule has 1 N–H and O–H groups in total. The zero-order valence-corrected chi connectivity index (χ0v) is 13.0. The quantitative estimate of drug-likeness (QED) is 0.897. The molecule has 1 aromatic rings. The minimum Gasteiger partial charge on any atom is -0.352 e. The summed E-state index contributed by atoms with van der Waals surface area (Å²) in [5.41, 5.74) is 1.12. The number of amides is 1. The lowest BCUT2D eigenvalue weighted by Gasteiger charge is -2.53. The number of hydrogen-bond acceptors (Lipinski definition) is 1. The van der Waals surface area contributed by atoms with Crippen LogP contribution in [0.1, 0.15) is 37.7 Å². The summed E-state index contributed by atoms with van der Waals surface area (Å²) < 4.78 is 0. The molecule has 0 radical (unpaired) electrons. The Bertz CT molecular complexity index is 511. The van der Waals surface area contributed by atoms with Crippen molar-refractivity contribution in [2.24, 2.45) is 29.6 Å². The van der Waals surface area contributed by atoms with E-state index in [1.807, 2.05) is 24.3 Å². The van der Waals surface area contributed by atoms with E-state index in [1.165, 1.54) is 32.1 Å². The second-order valence-corrected chi connectivity index (χ2v) is 7.74. The molecule has 0 saturated heterocycles. The maximum atomic E-state index is 12.6. The molecule has 0 aliphatic heterocycles. The minimum absolute atomic E-state index is 0.283. The van der Waals surface area contributed by atoms with Crippen LogP contribution in [-0.2, 0) is 11.3 Å². The number of nitrogens with one attached hydrogen (secondary N) is 1. The van der Waals surface area contributed by atoms with Crippen molar-refractivity contribution in [1.82, 2.24) is 5.32 Å². The first kappa shape index (κ1) is 13.6. The van der Waals surface area contributed by atoms with Crippen LogP contribution in [0.3, 0.4) is 0 Å². The topological polar surface area (TPSA) is 29.1 Å². The van der Waals surface area contributed by atoms with Gasteiger partial charge in [-0.05, 0) is 73.5 Å². The molecular weight excluding hydrogens is 282 g/mol. The van der Waals surface area contributed by atoms with Crippen LogP contribution in [0.25, 0.3) is 0 Å². The molecule has 0 unspecified atom stereocenters. The van der Waals surface area contributed by atoms with E-state index in [4.69, 9.17) is 11.6 Å². The highest BCUT2D eigenvalue weighted by molar-refractivity contribution is 6.30. The summed E-state index contributed by atoms with van der Waals surface area (Å²) in [5, 5.41) is 3.91. The van der Waals surface area contributed by atoms with Gasteiger partial charge in [0.1, 0.15) is 0 Å². The lowest BCUT2D eigenvalue weighted by atomic mass is 9.51. The lowest BCUT2D eigenvalue weighted by Crippen LogP contribution is -2.50. The Hall–Kier alpha value is -1.02. The number of halogens is 1. The molecule has 1 amide bonds. The molecule has 0 spiro atoms. The number of carbonyl (C=O) groups excluding carboxylic acids is 1. The van der Waals surface area contributed by atoms with E-state index in [1.54, 1.807) is 0 Å². The minimum atomic E-state index is 0.283. The molecule has 1 aromatic carbocycles. The molecule has 0 aromatic heterocycles. The first-order chi connectivity index (χ1) is 10.2. The predicted octanol–water partition coefficient (Wildman–Crippen LogP) is 4.03. The highest BCUT2D eigenvalue weighted by atomic mass is 35.5. The predicted molar refractivity (Wildman–Crippen MR) is 83.8 cm³/mol. The third kappa shape index (κ3) is 2.59. The monoisotopic (exact) mass is 303 g/mol. The van der Waals surface area contributed by atoms with E-state index in [2.05, 4.69) is 5.32 Å². The number of carbonyl (C=O) groups is 1. The first-order valence-corrected chi connectivity index (χ1v) is 8.59. The smallest absolute Gasteiger partial charge is 0.223 e. The molecule has 2 nitrogen and oxygen atoms in total. The Kier molecular flexibility index (Phi) is 3.45. The molecule has 0 atom stereocenters. The first-order valence-electron chi connectivity index (χ1n) is 8.21. The van der Waals surface area contributed by atoms with E-state index in [0.29, 0.717) is 24.3 Å². The molecule has 3 heteroatoms. The van der Waals surface area contributed by atoms with E-state index >= 15 is 0 Å². The Labute approximate surface area is 131 Å². The summed E-state index contributed by atoms with van der Waals surface area (Å²) in [6.07, 6.45) is 6.63. The van der Waals surface area contributed by atoms with Crippen LogP contribution in [0.4, 0.5) is 0 Å². The maximum Gasteiger partial charge on any atom is 0.223 e. The average Bonchev–Trinajstić information content (AvgIpc) is 2.45. The van der Waals surface area contributed by atoms with E-state index in [-0.39, 0.29) is 5.92 Å². The van der Waals surface area contributed by atoms with Crippen LogP contribution in [0, 0.1) is 29.6 Å². The van der Waals surface area contributed by atoms with Crippen molar-refractivity contribution in [1.29, 1.82) is 0 Å². The molecular formula is C18H22ClNO. The summed E-state index contributed by atoms with van der Waals surface area (Å²) >= 11 is 5.89. The van der Waals surface area contributed by atoms with Crippen molar-refractivity contribution in [3.8, 4) is 0 Å². The highest BCUT2D eigenvalue weighted by Gasteiger charge is 2.50. The summed E-state index contributed by atoms with van der Waals surface area (Å²) in [6, 6.07) is 7.73. The molecule has 4 aliphatic rings. The van der Waals surface area contributed by atoms with Crippen molar-refractivity contribution in [3.05, 3.63) is 34.9 Å². The molecule has 4 bridgehead atoms. The molecule has 4 saturated carbocycles. The van der Waals surface area contributed by atoms with Crippen LogP contribution in [0.2, 0.25) is 5.02 Å². The van der Waals surface area contributed by atoms with Gasteiger partial charge in [0, 0.05) is 17.5 Å². The molecule has 0 heterocycles. The zero-order chi connectivity index (χ0) is 14.4. The summed E-state index contributed by atoms with van der Waals surface area (Å²) in [4.78, 5) is 12.6. The van der Waals surface area contributed by atoms with Gasteiger partial charge in [-0.15, -0.1) is 0 Å². The second-order valence-electron chi connectivity index (χ2n) is 7.30. The average molecular weight is 304 g/mol. The summed E-state index contributed by atoms with van der Waals surface area (Å²) in [7, 11) is 0. The van der Waals surface area contributed by atoms with Crippen molar-refractivity contribution in [3.63, 3.8) is 0 Å². The van der Waals surface area contributed by atoms with Crippen molar-refractivity contribution >= 4 is 17.5 Å². The van der Waals surface area contributed by atoms with Gasteiger partial charge in [0.2, 0.25) is 5.91 Å². The van der Waals surface area contributed by atoms with Crippen LogP contribution in [-0.4, -0.2) is 5.91 Å². The van der Waals surface area contributed by atoms with E-state index in [9.17, 15) is 4.79 Å². The largest absolute Gasteiger partial charge is 0.352 e. The third-order valence-electron chi connectivity index (χ3n) is 5.91. The molecule has 21 heavy (non-hydrogen) atoms. The van der Waals surface area contributed by atoms with Gasteiger partial charge in [-0.1, -0.05) is 23.7 Å².